The lowest BCUT2D eigenvalue weighted by Gasteiger charge is -2.30. The Kier molecular flexibility index (Phi) is 9.25. The minimum atomic E-state index is -0.906. The first-order valence-electron chi connectivity index (χ1n) is 9.17. The second kappa shape index (κ2) is 10.7. The van der Waals surface area contributed by atoms with Crippen LogP contribution in [0.1, 0.15) is 40.5 Å². The van der Waals surface area contributed by atoms with Gasteiger partial charge in [-0.2, -0.15) is 11.8 Å². The number of thioether (sulfide) groups is 1. The molecule has 0 radical (unpaired) electrons. The molecule has 3 N–H and O–H groups in total. The molecule has 154 valence electrons. The van der Waals surface area contributed by atoms with Crippen molar-refractivity contribution < 1.29 is 24.3 Å². The normalized spacial score (nSPS) is 21.9. The molecule has 1 rings (SSSR count). The Balaban J connectivity index is 2.86. The van der Waals surface area contributed by atoms with Crippen LogP contribution in [0.25, 0.3) is 0 Å². The van der Waals surface area contributed by atoms with Crippen LogP contribution in [-0.2, 0) is 19.2 Å². The number of aliphatic hydroxyl groups excluding tert-OH is 1. The molecule has 0 aromatic heterocycles. The van der Waals surface area contributed by atoms with Crippen molar-refractivity contribution in [2.75, 3.05) is 18.6 Å². The van der Waals surface area contributed by atoms with Gasteiger partial charge in [-0.15, -0.1) is 0 Å². The summed E-state index contributed by atoms with van der Waals surface area (Å²) < 4.78 is 0. The molecule has 4 atom stereocenters. The lowest BCUT2D eigenvalue weighted by Crippen LogP contribution is -2.54. The van der Waals surface area contributed by atoms with Crippen LogP contribution >= 0.6 is 11.8 Å². The highest BCUT2D eigenvalue weighted by Gasteiger charge is 2.44. The highest BCUT2D eigenvalue weighted by Crippen LogP contribution is 2.24. The molecule has 4 unspecified atom stereocenters. The lowest BCUT2D eigenvalue weighted by molar-refractivity contribution is -0.142. The topological polar surface area (TPSA) is 116 Å². The zero-order valence-corrected chi connectivity index (χ0v) is 17.5. The minimum Gasteiger partial charge on any atom is -0.394 e. The first-order valence-corrected chi connectivity index (χ1v) is 10.6. The van der Waals surface area contributed by atoms with Crippen molar-refractivity contribution in [2.24, 2.45) is 5.92 Å². The Hall–Kier alpha value is -1.61. The van der Waals surface area contributed by atoms with Crippen molar-refractivity contribution in [3.8, 4) is 0 Å². The summed E-state index contributed by atoms with van der Waals surface area (Å²) in [4.78, 5) is 50.4. The van der Waals surface area contributed by atoms with Crippen molar-refractivity contribution >= 4 is 35.3 Å². The van der Waals surface area contributed by atoms with E-state index >= 15 is 0 Å². The van der Waals surface area contributed by atoms with E-state index in [1.165, 1.54) is 11.8 Å². The SMILES string of the molecule is CSCCC(NC(C)=O)C(=O)NC1CC(C)N(C(CO)C(=O)C(C)C)C1=O. The maximum atomic E-state index is 12.8. The number of Topliss-reactive ketones (excluding diaryl/α,β-unsaturated/α-hetero) is 1. The van der Waals surface area contributed by atoms with Crippen LogP contribution in [0.3, 0.4) is 0 Å². The van der Waals surface area contributed by atoms with Crippen molar-refractivity contribution in [1.82, 2.24) is 15.5 Å². The number of rotatable bonds is 10. The Labute approximate surface area is 164 Å². The van der Waals surface area contributed by atoms with E-state index in [9.17, 15) is 24.3 Å². The van der Waals surface area contributed by atoms with Gasteiger partial charge in [0.05, 0.1) is 6.61 Å². The quantitative estimate of drug-likeness (QED) is 0.472. The number of amides is 3. The van der Waals surface area contributed by atoms with Crippen LogP contribution in [0.15, 0.2) is 0 Å². The standard InChI is InChI=1S/C18H31N3O5S/c1-10(2)16(24)15(9-22)21-11(3)8-14(18(21)26)20-17(25)13(6-7-27-5)19-12(4)23/h10-11,13-15,22H,6-9H2,1-5H3,(H,19,23)(H,20,25). The summed E-state index contributed by atoms with van der Waals surface area (Å²) in [6.45, 7) is 6.13. The molecule has 0 aliphatic carbocycles. The number of likely N-dealkylation sites (tertiary alicyclic amines) is 1. The van der Waals surface area contributed by atoms with E-state index in [1.54, 1.807) is 32.5 Å². The van der Waals surface area contributed by atoms with Gasteiger partial charge < -0.3 is 20.6 Å². The number of carbonyl (C=O) groups excluding carboxylic acids is 4. The summed E-state index contributed by atoms with van der Waals surface area (Å²) in [6, 6.07) is -2.67. The molecule has 0 spiro atoms. The summed E-state index contributed by atoms with van der Waals surface area (Å²) in [5.74, 6) is -0.938. The average Bonchev–Trinajstić information content (AvgIpc) is 2.86. The third kappa shape index (κ3) is 6.21. The van der Waals surface area contributed by atoms with Crippen molar-refractivity contribution in [1.29, 1.82) is 0 Å². The summed E-state index contributed by atoms with van der Waals surface area (Å²) in [5.41, 5.74) is 0. The van der Waals surface area contributed by atoms with Gasteiger partial charge in [0.1, 0.15) is 18.1 Å². The monoisotopic (exact) mass is 401 g/mol. The number of carbonyl (C=O) groups is 4. The molecule has 0 aromatic carbocycles. The molecular formula is C18H31N3O5S. The minimum absolute atomic E-state index is 0.208. The molecule has 9 heteroatoms. The van der Waals surface area contributed by atoms with E-state index in [-0.39, 0.29) is 29.6 Å². The highest BCUT2D eigenvalue weighted by atomic mass is 32.2. The van der Waals surface area contributed by atoms with E-state index < -0.39 is 30.6 Å². The Bertz CT molecular complexity index is 569. The molecule has 1 aliphatic rings. The van der Waals surface area contributed by atoms with Crippen LogP contribution < -0.4 is 10.6 Å². The number of hydrogen-bond acceptors (Lipinski definition) is 6. The van der Waals surface area contributed by atoms with Gasteiger partial charge in [0.25, 0.3) is 0 Å². The number of nitrogens with zero attached hydrogens (tertiary/aromatic N) is 1. The molecule has 1 aliphatic heterocycles. The van der Waals surface area contributed by atoms with E-state index in [4.69, 9.17) is 0 Å². The maximum absolute atomic E-state index is 12.8. The molecule has 8 nitrogen and oxygen atoms in total. The van der Waals surface area contributed by atoms with E-state index in [2.05, 4.69) is 10.6 Å². The fraction of sp³-hybridized carbons (Fsp3) is 0.778. The van der Waals surface area contributed by atoms with E-state index in [0.29, 0.717) is 18.6 Å². The van der Waals surface area contributed by atoms with Crippen molar-refractivity contribution in [2.45, 2.75) is 64.7 Å². The van der Waals surface area contributed by atoms with Gasteiger partial charge in [-0.05, 0) is 31.8 Å². The maximum Gasteiger partial charge on any atom is 0.246 e. The molecule has 0 bridgehead atoms. The molecule has 1 heterocycles. The summed E-state index contributed by atoms with van der Waals surface area (Å²) in [6.07, 6.45) is 2.71. The van der Waals surface area contributed by atoms with E-state index in [0.717, 1.165) is 0 Å². The van der Waals surface area contributed by atoms with Gasteiger partial charge in [-0.3, -0.25) is 19.2 Å². The van der Waals surface area contributed by atoms with E-state index in [1.807, 2.05) is 6.26 Å². The zero-order valence-electron chi connectivity index (χ0n) is 16.7. The molecule has 1 saturated heterocycles. The molecule has 0 saturated carbocycles. The van der Waals surface area contributed by atoms with Crippen LogP contribution in [0.5, 0.6) is 0 Å². The second-order valence-corrected chi connectivity index (χ2v) is 8.17. The van der Waals surface area contributed by atoms with Crippen molar-refractivity contribution in [3.63, 3.8) is 0 Å². The molecule has 1 fully saturated rings. The second-order valence-electron chi connectivity index (χ2n) is 7.18. The third-order valence-corrected chi connectivity index (χ3v) is 5.28. The summed E-state index contributed by atoms with van der Waals surface area (Å²) in [5, 5.41) is 15.0. The van der Waals surface area contributed by atoms with Crippen LogP contribution in [0, 0.1) is 5.92 Å². The van der Waals surface area contributed by atoms with Crippen LogP contribution in [-0.4, -0.2) is 76.3 Å². The summed E-state index contributed by atoms with van der Waals surface area (Å²) >= 11 is 1.56. The number of ketones is 1. The molecule has 3 amide bonds. The number of nitrogens with one attached hydrogen (secondary N) is 2. The third-order valence-electron chi connectivity index (χ3n) is 4.63. The largest absolute Gasteiger partial charge is 0.394 e. The van der Waals surface area contributed by atoms with Gasteiger partial charge in [0.15, 0.2) is 5.78 Å². The molecular weight excluding hydrogens is 370 g/mol. The fourth-order valence-corrected chi connectivity index (χ4v) is 3.73. The van der Waals surface area contributed by atoms with Crippen LogP contribution in [0.2, 0.25) is 0 Å². The van der Waals surface area contributed by atoms with Gasteiger partial charge in [-0.25, -0.2) is 0 Å². The predicted octanol–water partition coefficient (Wildman–Crippen LogP) is -0.0642. The molecule has 0 aromatic rings. The Morgan fingerprint density at radius 2 is 1.96 bits per heavy atom. The van der Waals surface area contributed by atoms with Gasteiger partial charge in [0.2, 0.25) is 17.7 Å². The smallest absolute Gasteiger partial charge is 0.246 e. The van der Waals surface area contributed by atoms with Gasteiger partial charge in [-0.1, -0.05) is 13.8 Å². The fourth-order valence-electron chi connectivity index (χ4n) is 3.26. The molecule has 27 heavy (non-hydrogen) atoms. The zero-order chi connectivity index (χ0) is 20.7. The predicted molar refractivity (Wildman–Crippen MR) is 104 cm³/mol. The lowest BCUT2D eigenvalue weighted by atomic mass is 10.0. The van der Waals surface area contributed by atoms with Gasteiger partial charge >= 0.3 is 0 Å². The van der Waals surface area contributed by atoms with Crippen LogP contribution in [0.4, 0.5) is 0 Å². The number of aliphatic hydroxyl groups is 1. The average molecular weight is 402 g/mol. The van der Waals surface area contributed by atoms with Crippen molar-refractivity contribution in [3.05, 3.63) is 0 Å². The van der Waals surface area contributed by atoms with Gasteiger partial charge in [0, 0.05) is 18.9 Å². The number of hydrogen-bond donors (Lipinski definition) is 3. The first kappa shape index (κ1) is 23.4. The highest BCUT2D eigenvalue weighted by molar-refractivity contribution is 7.98. The Morgan fingerprint density at radius 1 is 1.33 bits per heavy atom. The first-order chi connectivity index (χ1) is 12.6. The summed E-state index contributed by atoms with van der Waals surface area (Å²) in [7, 11) is 0. The Morgan fingerprint density at radius 3 is 2.44 bits per heavy atom.